The second-order valence-corrected chi connectivity index (χ2v) is 2.73. The molecular formula is C9H16O5. The molecule has 0 aromatic rings. The Balaban J connectivity index is 3.50. The average molecular weight is 204 g/mol. The van der Waals surface area contributed by atoms with Gasteiger partial charge in [0.05, 0.1) is 0 Å². The molecule has 82 valence electrons. The van der Waals surface area contributed by atoms with Crippen molar-refractivity contribution in [3.8, 4) is 0 Å². The Hall–Kier alpha value is -1.10. The van der Waals surface area contributed by atoms with Crippen molar-refractivity contribution in [2.24, 2.45) is 0 Å². The highest BCUT2D eigenvalue weighted by Gasteiger charge is 2.09. The van der Waals surface area contributed by atoms with Gasteiger partial charge in [-0.05, 0) is 0 Å². The van der Waals surface area contributed by atoms with Crippen molar-refractivity contribution in [2.45, 2.75) is 32.8 Å². The second-order valence-electron chi connectivity index (χ2n) is 2.73. The van der Waals surface area contributed by atoms with Crippen molar-refractivity contribution in [3.05, 3.63) is 0 Å². The lowest BCUT2D eigenvalue weighted by Gasteiger charge is -2.10. The minimum absolute atomic E-state index is 0.135. The number of rotatable bonds is 6. The van der Waals surface area contributed by atoms with E-state index in [1.165, 1.54) is 0 Å². The largest absolute Gasteiger partial charge is 0.463 e. The first-order chi connectivity index (χ1) is 6.60. The summed E-state index contributed by atoms with van der Waals surface area (Å²) in [4.78, 5) is 21.3. The number of hydrogen-bond donors (Lipinski definition) is 1. The van der Waals surface area contributed by atoms with Crippen LogP contribution in [0.15, 0.2) is 0 Å². The van der Waals surface area contributed by atoms with Crippen molar-refractivity contribution in [1.82, 2.24) is 0 Å². The van der Waals surface area contributed by atoms with Crippen molar-refractivity contribution < 1.29 is 24.2 Å². The molecule has 0 amide bonds. The molecule has 0 aliphatic rings. The molecule has 0 aliphatic heterocycles. The number of carbonyl (C=O) groups excluding carboxylic acids is 2. The normalized spacial score (nSPS) is 10.0. The van der Waals surface area contributed by atoms with Gasteiger partial charge in [0.25, 0.3) is 0 Å². The fourth-order valence-corrected chi connectivity index (χ4v) is 0.631. The van der Waals surface area contributed by atoms with Gasteiger partial charge >= 0.3 is 11.9 Å². The third-order valence-electron chi connectivity index (χ3n) is 1.45. The van der Waals surface area contributed by atoms with Crippen LogP contribution >= 0.6 is 0 Å². The van der Waals surface area contributed by atoms with Crippen LogP contribution in [0.1, 0.15) is 26.7 Å². The van der Waals surface area contributed by atoms with E-state index < -0.39 is 6.10 Å². The van der Waals surface area contributed by atoms with Gasteiger partial charge in [-0.15, -0.1) is 0 Å². The van der Waals surface area contributed by atoms with Crippen molar-refractivity contribution in [3.63, 3.8) is 0 Å². The fraction of sp³-hybridized carbons (Fsp3) is 0.778. The van der Waals surface area contributed by atoms with E-state index in [4.69, 9.17) is 0 Å². The lowest BCUT2D eigenvalue weighted by atomic mass is 10.4. The summed E-state index contributed by atoms with van der Waals surface area (Å²) in [6, 6.07) is 0. The number of ether oxygens (including phenoxy) is 2. The summed E-state index contributed by atoms with van der Waals surface area (Å²) in [5.41, 5.74) is 0. The summed E-state index contributed by atoms with van der Waals surface area (Å²) in [5, 5.41) is 9.18. The second kappa shape index (κ2) is 7.32. The average Bonchev–Trinajstić information content (AvgIpc) is 2.22. The number of esters is 2. The first kappa shape index (κ1) is 12.9. The highest BCUT2D eigenvalue weighted by molar-refractivity contribution is 5.69. The SMILES string of the molecule is CCC(=O)OCC(O)COC(=O)CC. The van der Waals surface area contributed by atoms with Crippen LogP contribution in [0.3, 0.4) is 0 Å². The van der Waals surface area contributed by atoms with Gasteiger partial charge in [0.2, 0.25) is 0 Å². The van der Waals surface area contributed by atoms with Crippen LogP contribution in [0.5, 0.6) is 0 Å². The molecule has 14 heavy (non-hydrogen) atoms. The molecule has 0 heterocycles. The maximum absolute atomic E-state index is 10.7. The minimum atomic E-state index is -0.944. The lowest BCUT2D eigenvalue weighted by molar-refractivity contribution is -0.151. The van der Waals surface area contributed by atoms with Crippen LogP contribution in [0.25, 0.3) is 0 Å². The van der Waals surface area contributed by atoms with E-state index >= 15 is 0 Å². The molecular weight excluding hydrogens is 188 g/mol. The van der Waals surface area contributed by atoms with Crippen LogP contribution in [-0.4, -0.2) is 36.4 Å². The number of aliphatic hydroxyl groups is 1. The van der Waals surface area contributed by atoms with E-state index in [0.29, 0.717) is 0 Å². The van der Waals surface area contributed by atoms with Gasteiger partial charge in [0.1, 0.15) is 19.3 Å². The van der Waals surface area contributed by atoms with E-state index in [1.807, 2.05) is 0 Å². The molecule has 0 fully saturated rings. The Labute approximate surface area is 83.0 Å². The van der Waals surface area contributed by atoms with Gasteiger partial charge < -0.3 is 14.6 Å². The summed E-state index contributed by atoms with van der Waals surface area (Å²) in [7, 11) is 0. The predicted octanol–water partition coefficient (Wildman–Crippen LogP) is 0.254. The Morgan fingerprint density at radius 3 is 1.71 bits per heavy atom. The Kier molecular flexibility index (Phi) is 6.74. The van der Waals surface area contributed by atoms with Gasteiger partial charge in [-0.3, -0.25) is 9.59 Å². The summed E-state index contributed by atoms with van der Waals surface area (Å²) < 4.78 is 9.28. The van der Waals surface area contributed by atoms with Crippen molar-refractivity contribution in [2.75, 3.05) is 13.2 Å². The molecule has 0 aliphatic carbocycles. The lowest BCUT2D eigenvalue weighted by Crippen LogP contribution is -2.25. The zero-order valence-corrected chi connectivity index (χ0v) is 8.49. The monoisotopic (exact) mass is 204 g/mol. The fourth-order valence-electron chi connectivity index (χ4n) is 0.631. The molecule has 0 unspecified atom stereocenters. The minimum Gasteiger partial charge on any atom is -0.463 e. The van der Waals surface area contributed by atoms with E-state index in [1.54, 1.807) is 13.8 Å². The van der Waals surface area contributed by atoms with Crippen LogP contribution in [0.2, 0.25) is 0 Å². The molecule has 5 nitrogen and oxygen atoms in total. The molecule has 0 bridgehead atoms. The molecule has 0 atom stereocenters. The van der Waals surface area contributed by atoms with Gasteiger partial charge in [-0.1, -0.05) is 13.8 Å². The van der Waals surface area contributed by atoms with Crippen LogP contribution in [-0.2, 0) is 19.1 Å². The summed E-state index contributed by atoms with van der Waals surface area (Å²) in [6.45, 7) is 3.05. The maximum Gasteiger partial charge on any atom is 0.305 e. The zero-order chi connectivity index (χ0) is 11.0. The Morgan fingerprint density at radius 1 is 1.07 bits per heavy atom. The van der Waals surface area contributed by atoms with Crippen LogP contribution in [0.4, 0.5) is 0 Å². The number of aliphatic hydroxyl groups excluding tert-OH is 1. The third kappa shape index (κ3) is 6.42. The van der Waals surface area contributed by atoms with E-state index in [2.05, 4.69) is 9.47 Å². The predicted molar refractivity (Wildman–Crippen MR) is 48.5 cm³/mol. The van der Waals surface area contributed by atoms with Crippen molar-refractivity contribution in [1.29, 1.82) is 0 Å². The van der Waals surface area contributed by atoms with Crippen LogP contribution in [0, 0.1) is 0 Å². The number of carbonyl (C=O) groups is 2. The highest BCUT2D eigenvalue weighted by atomic mass is 16.6. The smallest absolute Gasteiger partial charge is 0.305 e. The molecule has 5 heteroatoms. The summed E-state index contributed by atoms with van der Waals surface area (Å²) >= 11 is 0. The summed E-state index contributed by atoms with van der Waals surface area (Å²) in [5.74, 6) is -0.767. The molecule has 0 saturated carbocycles. The standard InChI is InChI=1S/C9H16O5/c1-3-8(11)13-5-7(10)6-14-9(12)4-2/h7,10H,3-6H2,1-2H3. The molecule has 0 radical (unpaired) electrons. The van der Waals surface area contributed by atoms with Crippen LogP contribution < -0.4 is 0 Å². The first-order valence-corrected chi connectivity index (χ1v) is 4.59. The van der Waals surface area contributed by atoms with Gasteiger partial charge in [0, 0.05) is 12.8 Å². The van der Waals surface area contributed by atoms with Gasteiger partial charge in [-0.25, -0.2) is 0 Å². The molecule has 0 aromatic heterocycles. The highest BCUT2D eigenvalue weighted by Crippen LogP contribution is 1.92. The van der Waals surface area contributed by atoms with E-state index in [-0.39, 0.29) is 38.0 Å². The molecule has 0 saturated heterocycles. The van der Waals surface area contributed by atoms with Crippen molar-refractivity contribution >= 4 is 11.9 Å². The zero-order valence-electron chi connectivity index (χ0n) is 8.49. The maximum atomic E-state index is 10.7. The topological polar surface area (TPSA) is 72.8 Å². The molecule has 1 N–H and O–H groups in total. The molecule has 0 rings (SSSR count). The summed E-state index contributed by atoms with van der Waals surface area (Å²) in [6.07, 6.45) is -0.413. The van der Waals surface area contributed by atoms with Gasteiger partial charge in [0.15, 0.2) is 0 Å². The quantitative estimate of drug-likeness (QED) is 0.628. The number of hydrogen-bond acceptors (Lipinski definition) is 5. The van der Waals surface area contributed by atoms with E-state index in [0.717, 1.165) is 0 Å². The molecule has 0 spiro atoms. The van der Waals surface area contributed by atoms with Gasteiger partial charge in [-0.2, -0.15) is 0 Å². The molecule has 0 aromatic carbocycles. The third-order valence-corrected chi connectivity index (χ3v) is 1.45. The Bertz CT molecular complexity index is 170. The Morgan fingerprint density at radius 2 is 1.43 bits per heavy atom. The van der Waals surface area contributed by atoms with E-state index in [9.17, 15) is 14.7 Å². The first-order valence-electron chi connectivity index (χ1n) is 4.59.